The first kappa shape index (κ1) is 17.6. The van der Waals surface area contributed by atoms with E-state index in [1.54, 1.807) is 0 Å². The minimum atomic E-state index is 0.0922. The maximum atomic E-state index is 10.5. The van der Waals surface area contributed by atoms with E-state index < -0.39 is 0 Å². The molecule has 0 aromatic heterocycles. The van der Waals surface area contributed by atoms with Crippen molar-refractivity contribution >= 4 is 5.78 Å². The molecule has 1 saturated carbocycles. The summed E-state index contributed by atoms with van der Waals surface area (Å²) in [5.41, 5.74) is 0. The predicted octanol–water partition coefficient (Wildman–Crippen LogP) is 2.33. The van der Waals surface area contributed by atoms with Crippen molar-refractivity contribution in [1.82, 2.24) is 0 Å². The molecule has 0 bridgehead atoms. The molecule has 0 heterocycles. The van der Waals surface area contributed by atoms with Crippen LogP contribution in [0.25, 0.3) is 0 Å². The van der Waals surface area contributed by atoms with Crippen LogP contribution in [0.15, 0.2) is 0 Å². The molecule has 108 valence electrons. The first-order valence-corrected chi connectivity index (χ1v) is 7.09. The minimum Gasteiger partial charge on any atom is -0.394 e. The number of aliphatic hydroxyl groups excluding tert-OH is 1. The van der Waals surface area contributed by atoms with E-state index in [4.69, 9.17) is 14.6 Å². The molecular formula is C14H28O4. The summed E-state index contributed by atoms with van der Waals surface area (Å²) in [5, 5.41) is 8.34. The SMILES string of the molecule is CCCCOCCOCCO.O=C1CCCCC1. The largest absolute Gasteiger partial charge is 0.394 e. The van der Waals surface area contributed by atoms with Crippen LogP contribution >= 0.6 is 0 Å². The molecule has 0 unspecified atom stereocenters. The van der Waals surface area contributed by atoms with Gasteiger partial charge in [-0.3, -0.25) is 4.79 Å². The maximum Gasteiger partial charge on any atom is 0.132 e. The van der Waals surface area contributed by atoms with Crippen LogP contribution in [0.5, 0.6) is 0 Å². The minimum absolute atomic E-state index is 0.0922. The molecule has 4 nitrogen and oxygen atoms in total. The number of Topliss-reactive ketones (excluding diaryl/α,β-unsaturated/α-hetero) is 1. The van der Waals surface area contributed by atoms with E-state index in [1.807, 2.05) is 0 Å². The highest BCUT2D eigenvalue weighted by Crippen LogP contribution is 2.12. The second-order valence-electron chi connectivity index (χ2n) is 4.40. The lowest BCUT2D eigenvalue weighted by atomic mass is 10.00. The zero-order chi connectivity index (χ0) is 13.5. The first-order chi connectivity index (χ1) is 8.81. The van der Waals surface area contributed by atoms with Crippen LogP contribution in [-0.4, -0.2) is 43.9 Å². The second-order valence-corrected chi connectivity index (χ2v) is 4.40. The Balaban J connectivity index is 0.000000351. The fraction of sp³-hybridized carbons (Fsp3) is 0.929. The van der Waals surface area contributed by atoms with Gasteiger partial charge in [-0.25, -0.2) is 0 Å². The van der Waals surface area contributed by atoms with Gasteiger partial charge in [0.2, 0.25) is 0 Å². The van der Waals surface area contributed by atoms with Gasteiger partial charge in [0.25, 0.3) is 0 Å². The standard InChI is InChI=1S/C8H18O3.C6H10O/c1-2-3-5-10-7-8-11-6-4-9;7-6-4-2-1-3-5-6/h9H,2-8H2,1H3;1-5H2. The Morgan fingerprint density at radius 1 is 1.00 bits per heavy atom. The van der Waals surface area contributed by atoms with Gasteiger partial charge in [-0.05, 0) is 19.3 Å². The number of rotatable bonds is 8. The van der Waals surface area contributed by atoms with E-state index in [0.29, 0.717) is 25.6 Å². The molecular weight excluding hydrogens is 232 g/mol. The third kappa shape index (κ3) is 13.6. The molecule has 0 aromatic carbocycles. The van der Waals surface area contributed by atoms with Crippen molar-refractivity contribution in [3.8, 4) is 0 Å². The monoisotopic (exact) mass is 260 g/mol. The van der Waals surface area contributed by atoms with Crippen LogP contribution in [0.4, 0.5) is 0 Å². The third-order valence-electron chi connectivity index (χ3n) is 2.66. The van der Waals surface area contributed by atoms with E-state index in [2.05, 4.69) is 6.92 Å². The van der Waals surface area contributed by atoms with Gasteiger partial charge in [-0.15, -0.1) is 0 Å². The van der Waals surface area contributed by atoms with Gasteiger partial charge in [0.15, 0.2) is 0 Å². The summed E-state index contributed by atoms with van der Waals surface area (Å²) >= 11 is 0. The van der Waals surface area contributed by atoms with Crippen LogP contribution in [0, 0.1) is 0 Å². The van der Waals surface area contributed by atoms with Crippen molar-refractivity contribution in [2.24, 2.45) is 0 Å². The Hall–Kier alpha value is -0.450. The molecule has 0 aliphatic heterocycles. The normalized spacial score (nSPS) is 15.1. The molecule has 1 N–H and O–H groups in total. The Labute approximate surface area is 111 Å². The van der Waals surface area contributed by atoms with Crippen LogP contribution in [0.2, 0.25) is 0 Å². The Bertz CT molecular complexity index is 167. The number of carbonyl (C=O) groups is 1. The number of ether oxygens (including phenoxy) is 2. The number of unbranched alkanes of at least 4 members (excludes halogenated alkanes) is 1. The zero-order valence-electron chi connectivity index (χ0n) is 11.7. The molecule has 18 heavy (non-hydrogen) atoms. The van der Waals surface area contributed by atoms with Crippen molar-refractivity contribution in [2.45, 2.75) is 51.9 Å². The summed E-state index contributed by atoms with van der Waals surface area (Å²) in [5.74, 6) is 0.464. The number of carbonyl (C=O) groups excluding carboxylic acids is 1. The smallest absolute Gasteiger partial charge is 0.132 e. The molecule has 1 aliphatic carbocycles. The summed E-state index contributed by atoms with van der Waals surface area (Å²) in [6.07, 6.45) is 7.51. The molecule has 1 aliphatic rings. The predicted molar refractivity (Wildman–Crippen MR) is 71.7 cm³/mol. The highest BCUT2D eigenvalue weighted by Gasteiger charge is 2.05. The summed E-state index contributed by atoms with van der Waals surface area (Å²) in [4.78, 5) is 10.5. The van der Waals surface area contributed by atoms with E-state index in [1.165, 1.54) is 6.42 Å². The van der Waals surface area contributed by atoms with Crippen LogP contribution in [-0.2, 0) is 14.3 Å². The molecule has 1 fully saturated rings. The first-order valence-electron chi connectivity index (χ1n) is 7.09. The second kappa shape index (κ2) is 14.6. The molecule has 0 amide bonds. The van der Waals surface area contributed by atoms with Gasteiger partial charge >= 0.3 is 0 Å². The van der Waals surface area contributed by atoms with E-state index in [0.717, 1.165) is 45.1 Å². The molecule has 0 atom stereocenters. The van der Waals surface area contributed by atoms with Crippen LogP contribution in [0.1, 0.15) is 51.9 Å². The molecule has 0 saturated heterocycles. The van der Waals surface area contributed by atoms with Gasteiger partial charge in [0.1, 0.15) is 5.78 Å². The van der Waals surface area contributed by atoms with Crippen LogP contribution in [0.3, 0.4) is 0 Å². The molecule has 0 spiro atoms. The topological polar surface area (TPSA) is 55.8 Å². The van der Waals surface area contributed by atoms with Crippen LogP contribution < -0.4 is 0 Å². The fourth-order valence-corrected chi connectivity index (χ4v) is 1.58. The molecule has 0 aromatic rings. The number of hydrogen-bond acceptors (Lipinski definition) is 4. The molecule has 4 heteroatoms. The van der Waals surface area contributed by atoms with Gasteiger partial charge in [0.05, 0.1) is 26.4 Å². The molecule has 0 radical (unpaired) electrons. The average molecular weight is 260 g/mol. The van der Waals surface area contributed by atoms with E-state index in [-0.39, 0.29) is 6.61 Å². The average Bonchev–Trinajstić information content (AvgIpc) is 2.39. The summed E-state index contributed by atoms with van der Waals surface area (Å²) in [6.45, 7) is 4.68. The Morgan fingerprint density at radius 2 is 1.61 bits per heavy atom. The van der Waals surface area contributed by atoms with Crippen molar-refractivity contribution in [3.63, 3.8) is 0 Å². The Kier molecular flexibility index (Phi) is 14.2. The van der Waals surface area contributed by atoms with Gasteiger partial charge in [-0.2, -0.15) is 0 Å². The van der Waals surface area contributed by atoms with Crippen molar-refractivity contribution < 1.29 is 19.4 Å². The maximum absolute atomic E-state index is 10.5. The highest BCUT2D eigenvalue weighted by molar-refractivity contribution is 5.78. The van der Waals surface area contributed by atoms with Gasteiger partial charge < -0.3 is 14.6 Å². The van der Waals surface area contributed by atoms with Crippen molar-refractivity contribution in [1.29, 1.82) is 0 Å². The Morgan fingerprint density at radius 3 is 2.06 bits per heavy atom. The van der Waals surface area contributed by atoms with Crippen molar-refractivity contribution in [2.75, 3.05) is 33.0 Å². The molecule has 1 rings (SSSR count). The van der Waals surface area contributed by atoms with Crippen molar-refractivity contribution in [3.05, 3.63) is 0 Å². The number of aliphatic hydroxyl groups is 1. The lowest BCUT2D eigenvalue weighted by Gasteiger charge is -2.05. The van der Waals surface area contributed by atoms with Gasteiger partial charge in [0, 0.05) is 19.4 Å². The van der Waals surface area contributed by atoms with E-state index >= 15 is 0 Å². The summed E-state index contributed by atoms with van der Waals surface area (Å²) in [7, 11) is 0. The summed E-state index contributed by atoms with van der Waals surface area (Å²) < 4.78 is 10.2. The third-order valence-corrected chi connectivity index (χ3v) is 2.66. The fourth-order valence-electron chi connectivity index (χ4n) is 1.58. The lowest BCUT2D eigenvalue weighted by Crippen LogP contribution is -2.07. The quantitative estimate of drug-likeness (QED) is 0.681. The lowest BCUT2D eigenvalue weighted by molar-refractivity contribution is -0.120. The number of ketones is 1. The highest BCUT2D eigenvalue weighted by atomic mass is 16.5. The summed E-state index contributed by atoms with van der Waals surface area (Å²) in [6, 6.07) is 0. The van der Waals surface area contributed by atoms with E-state index in [9.17, 15) is 4.79 Å². The number of hydrogen-bond donors (Lipinski definition) is 1. The van der Waals surface area contributed by atoms with Gasteiger partial charge in [-0.1, -0.05) is 19.8 Å². The zero-order valence-corrected chi connectivity index (χ0v) is 11.7.